The van der Waals surface area contributed by atoms with Crippen molar-refractivity contribution in [3.8, 4) is 0 Å². The Morgan fingerprint density at radius 3 is 2.88 bits per heavy atom. The van der Waals surface area contributed by atoms with E-state index in [4.69, 9.17) is 11.6 Å². The SMILES string of the molecule is O=C1CCCCCC1c1cc(F)ccc1Cl. The van der Waals surface area contributed by atoms with Gasteiger partial charge in [-0.3, -0.25) is 4.79 Å². The van der Waals surface area contributed by atoms with Crippen molar-refractivity contribution < 1.29 is 9.18 Å². The first-order valence-corrected chi connectivity index (χ1v) is 6.04. The average molecular weight is 241 g/mol. The molecule has 3 heteroatoms. The summed E-state index contributed by atoms with van der Waals surface area (Å²) in [6.07, 6.45) is 4.43. The number of hydrogen-bond donors (Lipinski definition) is 0. The van der Waals surface area contributed by atoms with E-state index in [9.17, 15) is 9.18 Å². The third kappa shape index (κ3) is 2.43. The van der Waals surface area contributed by atoms with Crippen LogP contribution >= 0.6 is 11.6 Å². The standard InChI is InChI=1S/C13H14ClFO/c14-12-7-6-9(15)8-11(12)10-4-2-1-3-5-13(10)16/h6-8,10H,1-5H2. The minimum atomic E-state index is -0.323. The minimum absolute atomic E-state index is 0.199. The maximum Gasteiger partial charge on any atom is 0.140 e. The zero-order chi connectivity index (χ0) is 11.5. The highest BCUT2D eigenvalue weighted by molar-refractivity contribution is 6.31. The highest BCUT2D eigenvalue weighted by Gasteiger charge is 2.24. The largest absolute Gasteiger partial charge is 0.299 e. The fourth-order valence-corrected chi connectivity index (χ4v) is 2.52. The number of halogens is 2. The van der Waals surface area contributed by atoms with Crippen molar-refractivity contribution in [1.82, 2.24) is 0 Å². The van der Waals surface area contributed by atoms with Crippen LogP contribution in [0.15, 0.2) is 18.2 Å². The molecule has 1 nitrogen and oxygen atoms in total. The number of benzene rings is 1. The lowest BCUT2D eigenvalue weighted by atomic mass is 9.90. The number of rotatable bonds is 1. The van der Waals surface area contributed by atoms with E-state index < -0.39 is 0 Å². The van der Waals surface area contributed by atoms with E-state index in [-0.39, 0.29) is 17.5 Å². The third-order valence-corrected chi connectivity index (χ3v) is 3.48. The Balaban J connectivity index is 2.33. The molecule has 1 aliphatic carbocycles. The first kappa shape index (κ1) is 11.6. The molecule has 0 N–H and O–H groups in total. The van der Waals surface area contributed by atoms with Gasteiger partial charge in [0.1, 0.15) is 11.6 Å². The Hall–Kier alpha value is -0.890. The summed E-state index contributed by atoms with van der Waals surface area (Å²) in [7, 11) is 0. The van der Waals surface area contributed by atoms with Gasteiger partial charge in [0.25, 0.3) is 0 Å². The molecular formula is C13H14ClFO. The summed E-state index contributed by atoms with van der Waals surface area (Å²) in [5.41, 5.74) is 0.661. The first-order chi connectivity index (χ1) is 7.68. The second-order valence-corrected chi connectivity index (χ2v) is 4.69. The predicted molar refractivity (Wildman–Crippen MR) is 62.2 cm³/mol. The summed E-state index contributed by atoms with van der Waals surface area (Å²) >= 11 is 6.03. The van der Waals surface area contributed by atoms with Gasteiger partial charge in [-0.25, -0.2) is 4.39 Å². The lowest BCUT2D eigenvalue weighted by molar-refractivity contribution is -0.120. The van der Waals surface area contributed by atoms with Crippen molar-refractivity contribution in [2.45, 2.75) is 38.0 Å². The molecule has 86 valence electrons. The summed E-state index contributed by atoms with van der Waals surface area (Å²) in [6, 6.07) is 4.26. The molecule has 0 amide bonds. The number of ketones is 1. The molecular weight excluding hydrogens is 227 g/mol. The molecule has 1 atom stereocenters. The van der Waals surface area contributed by atoms with Crippen molar-refractivity contribution in [3.05, 3.63) is 34.6 Å². The van der Waals surface area contributed by atoms with E-state index >= 15 is 0 Å². The van der Waals surface area contributed by atoms with Crippen LogP contribution in [-0.4, -0.2) is 5.78 Å². The van der Waals surface area contributed by atoms with Gasteiger partial charge in [-0.05, 0) is 36.6 Å². The second-order valence-electron chi connectivity index (χ2n) is 4.28. The topological polar surface area (TPSA) is 17.1 Å². The highest BCUT2D eigenvalue weighted by atomic mass is 35.5. The van der Waals surface area contributed by atoms with Crippen molar-refractivity contribution >= 4 is 17.4 Å². The quantitative estimate of drug-likeness (QED) is 0.676. The van der Waals surface area contributed by atoms with Crippen LogP contribution in [0.4, 0.5) is 4.39 Å². The maximum absolute atomic E-state index is 13.2. The maximum atomic E-state index is 13.2. The molecule has 1 fully saturated rings. The van der Waals surface area contributed by atoms with Crippen LogP contribution < -0.4 is 0 Å². The molecule has 0 bridgehead atoms. The number of carbonyl (C=O) groups is 1. The fraction of sp³-hybridized carbons (Fsp3) is 0.462. The van der Waals surface area contributed by atoms with Gasteiger partial charge >= 0.3 is 0 Å². The van der Waals surface area contributed by atoms with E-state index in [1.807, 2.05) is 0 Å². The van der Waals surface area contributed by atoms with E-state index in [2.05, 4.69) is 0 Å². The summed E-state index contributed by atoms with van der Waals surface area (Å²) < 4.78 is 13.2. The van der Waals surface area contributed by atoms with Crippen LogP contribution in [0.1, 0.15) is 43.6 Å². The Bertz CT molecular complexity index is 403. The Labute approximate surface area is 99.6 Å². The normalized spacial score (nSPS) is 21.9. The van der Waals surface area contributed by atoms with E-state index in [1.54, 1.807) is 0 Å². The van der Waals surface area contributed by atoms with Crippen LogP contribution in [0, 0.1) is 5.82 Å². The third-order valence-electron chi connectivity index (χ3n) is 3.14. The molecule has 0 aliphatic heterocycles. The fourth-order valence-electron chi connectivity index (χ4n) is 2.27. The first-order valence-electron chi connectivity index (χ1n) is 5.66. The Kier molecular flexibility index (Phi) is 3.59. The van der Waals surface area contributed by atoms with Gasteiger partial charge in [0.05, 0.1) is 0 Å². The predicted octanol–water partition coefficient (Wildman–Crippen LogP) is 4.10. The molecule has 2 rings (SSSR count). The Morgan fingerprint density at radius 2 is 2.06 bits per heavy atom. The minimum Gasteiger partial charge on any atom is -0.299 e. The lowest BCUT2D eigenvalue weighted by Crippen LogP contribution is -2.11. The summed E-state index contributed by atoms with van der Waals surface area (Å²) in [6.45, 7) is 0. The molecule has 1 aliphatic rings. The van der Waals surface area contributed by atoms with Crippen LogP contribution in [0.25, 0.3) is 0 Å². The van der Waals surface area contributed by atoms with Crippen molar-refractivity contribution in [2.75, 3.05) is 0 Å². The molecule has 0 saturated heterocycles. The van der Waals surface area contributed by atoms with Crippen LogP contribution in [0.2, 0.25) is 5.02 Å². The average Bonchev–Trinajstić information content (AvgIpc) is 2.47. The van der Waals surface area contributed by atoms with Crippen molar-refractivity contribution in [1.29, 1.82) is 0 Å². The smallest absolute Gasteiger partial charge is 0.140 e. The number of Topliss-reactive ketones (excluding diaryl/α,β-unsaturated/α-hetero) is 1. The van der Waals surface area contributed by atoms with E-state index in [1.165, 1.54) is 18.2 Å². The van der Waals surface area contributed by atoms with Gasteiger partial charge in [0, 0.05) is 17.4 Å². The molecule has 0 spiro atoms. The van der Waals surface area contributed by atoms with Crippen LogP contribution in [-0.2, 0) is 4.79 Å². The highest BCUT2D eigenvalue weighted by Crippen LogP contribution is 2.33. The number of carbonyl (C=O) groups excluding carboxylic acids is 1. The van der Waals surface area contributed by atoms with Crippen molar-refractivity contribution in [3.63, 3.8) is 0 Å². The summed E-state index contributed by atoms with van der Waals surface area (Å²) in [5, 5.41) is 0.502. The van der Waals surface area contributed by atoms with E-state index in [0.717, 1.165) is 25.7 Å². The van der Waals surface area contributed by atoms with Crippen LogP contribution in [0.3, 0.4) is 0 Å². The molecule has 0 aromatic heterocycles. The zero-order valence-corrected chi connectivity index (χ0v) is 9.77. The molecule has 0 radical (unpaired) electrons. The molecule has 1 aromatic carbocycles. The zero-order valence-electron chi connectivity index (χ0n) is 9.01. The van der Waals surface area contributed by atoms with Gasteiger partial charge in [-0.1, -0.05) is 24.4 Å². The molecule has 16 heavy (non-hydrogen) atoms. The molecule has 1 aromatic rings. The molecule has 0 heterocycles. The van der Waals surface area contributed by atoms with Gasteiger partial charge in [0.2, 0.25) is 0 Å². The summed E-state index contributed by atoms with van der Waals surface area (Å²) in [5.74, 6) is -0.327. The van der Waals surface area contributed by atoms with Crippen LogP contribution in [0.5, 0.6) is 0 Å². The monoisotopic (exact) mass is 240 g/mol. The van der Waals surface area contributed by atoms with Gasteiger partial charge in [0.15, 0.2) is 0 Å². The summed E-state index contributed by atoms with van der Waals surface area (Å²) in [4.78, 5) is 11.9. The van der Waals surface area contributed by atoms with Gasteiger partial charge in [-0.15, -0.1) is 0 Å². The molecule has 1 saturated carbocycles. The second kappa shape index (κ2) is 4.96. The van der Waals surface area contributed by atoms with Crippen molar-refractivity contribution in [2.24, 2.45) is 0 Å². The van der Waals surface area contributed by atoms with E-state index in [0.29, 0.717) is 17.0 Å². The Morgan fingerprint density at radius 1 is 1.25 bits per heavy atom. The van der Waals surface area contributed by atoms with Gasteiger partial charge < -0.3 is 0 Å². The molecule has 1 unspecified atom stereocenters. The number of hydrogen-bond acceptors (Lipinski definition) is 1. The van der Waals surface area contributed by atoms with Gasteiger partial charge in [-0.2, -0.15) is 0 Å². The lowest BCUT2D eigenvalue weighted by Gasteiger charge is -2.14.